The van der Waals surface area contributed by atoms with Crippen LogP contribution in [0.25, 0.3) is 0 Å². The number of sulfonamides is 1. The Labute approximate surface area is 112 Å². The van der Waals surface area contributed by atoms with E-state index in [-0.39, 0.29) is 22.8 Å². The van der Waals surface area contributed by atoms with E-state index in [4.69, 9.17) is 9.84 Å². The zero-order valence-corrected chi connectivity index (χ0v) is 11.7. The molecule has 2 N–H and O–H groups in total. The number of aromatic carboxylic acids is 1. The van der Waals surface area contributed by atoms with E-state index < -0.39 is 16.0 Å². The first-order valence-corrected chi connectivity index (χ1v) is 7.40. The summed E-state index contributed by atoms with van der Waals surface area (Å²) in [6.07, 6.45) is 0.733. The quantitative estimate of drug-likeness (QED) is 0.792. The summed E-state index contributed by atoms with van der Waals surface area (Å²) in [7, 11) is -3.67. The van der Waals surface area contributed by atoms with E-state index in [1.54, 1.807) is 6.92 Å². The van der Waals surface area contributed by atoms with Crippen molar-refractivity contribution in [2.24, 2.45) is 0 Å². The van der Waals surface area contributed by atoms with E-state index in [0.717, 1.165) is 12.5 Å². The summed E-state index contributed by atoms with van der Waals surface area (Å²) >= 11 is 0. The van der Waals surface area contributed by atoms with Crippen molar-refractivity contribution in [2.75, 3.05) is 13.2 Å². The van der Waals surface area contributed by atoms with Gasteiger partial charge in [0.2, 0.25) is 10.0 Å². The number of carbonyl (C=O) groups is 1. The summed E-state index contributed by atoms with van der Waals surface area (Å²) in [5.41, 5.74) is -0.160. The van der Waals surface area contributed by atoms with Gasteiger partial charge in [0.05, 0.1) is 11.5 Å². The van der Waals surface area contributed by atoms with Crippen LogP contribution in [0.5, 0.6) is 5.75 Å². The predicted octanol–water partition coefficient (Wildman–Crippen LogP) is 1.47. The lowest BCUT2D eigenvalue weighted by Gasteiger charge is -2.10. The zero-order valence-electron chi connectivity index (χ0n) is 10.8. The first-order valence-electron chi connectivity index (χ1n) is 5.92. The highest BCUT2D eigenvalue weighted by Gasteiger charge is 2.18. The molecule has 0 heterocycles. The lowest BCUT2D eigenvalue weighted by molar-refractivity contribution is 0.0692. The molecule has 0 aliphatic heterocycles. The topological polar surface area (TPSA) is 92.7 Å². The second-order valence-corrected chi connectivity index (χ2v) is 5.58. The molecule has 0 amide bonds. The smallest absolute Gasteiger partial charge is 0.339 e. The lowest BCUT2D eigenvalue weighted by Crippen LogP contribution is -2.23. The monoisotopic (exact) mass is 287 g/mol. The van der Waals surface area contributed by atoms with Crippen molar-refractivity contribution in [1.29, 1.82) is 0 Å². The van der Waals surface area contributed by atoms with Crippen LogP contribution < -0.4 is 9.46 Å². The minimum atomic E-state index is -3.67. The molecular formula is C12H17NO5S. The number of benzene rings is 1. The van der Waals surface area contributed by atoms with Gasteiger partial charge in [0.15, 0.2) is 0 Å². The zero-order chi connectivity index (χ0) is 14.5. The highest BCUT2D eigenvalue weighted by Crippen LogP contribution is 2.23. The van der Waals surface area contributed by atoms with Crippen LogP contribution >= 0.6 is 0 Å². The van der Waals surface area contributed by atoms with Gasteiger partial charge in [-0.25, -0.2) is 17.9 Å². The summed E-state index contributed by atoms with van der Waals surface area (Å²) < 4.78 is 31.2. The number of carboxylic acids is 1. The maximum atomic E-state index is 11.8. The minimum Gasteiger partial charge on any atom is -0.493 e. The van der Waals surface area contributed by atoms with E-state index in [0.29, 0.717) is 6.61 Å². The molecule has 0 aliphatic carbocycles. The van der Waals surface area contributed by atoms with E-state index in [1.165, 1.54) is 12.1 Å². The molecule has 0 unspecified atom stereocenters. The van der Waals surface area contributed by atoms with Crippen molar-refractivity contribution < 1.29 is 23.1 Å². The van der Waals surface area contributed by atoms with Crippen molar-refractivity contribution in [2.45, 2.75) is 25.2 Å². The first kappa shape index (κ1) is 15.5. The maximum Gasteiger partial charge on any atom is 0.339 e. The fourth-order valence-corrected chi connectivity index (χ4v) is 2.52. The van der Waals surface area contributed by atoms with Crippen LogP contribution in [0.2, 0.25) is 0 Å². The molecule has 0 aromatic heterocycles. The van der Waals surface area contributed by atoms with Crippen LogP contribution in [-0.4, -0.2) is 32.6 Å². The molecule has 0 bridgehead atoms. The second kappa shape index (κ2) is 6.53. The summed E-state index contributed by atoms with van der Waals surface area (Å²) in [6.45, 7) is 4.15. The SMILES string of the molecule is CCCOc1ccc(S(=O)(=O)NCC)cc1C(=O)O. The maximum absolute atomic E-state index is 11.8. The third-order valence-corrected chi connectivity index (χ3v) is 3.83. The van der Waals surface area contributed by atoms with Gasteiger partial charge in [0.1, 0.15) is 11.3 Å². The predicted molar refractivity (Wildman–Crippen MR) is 70.0 cm³/mol. The molecule has 7 heteroatoms. The third kappa shape index (κ3) is 3.93. The van der Waals surface area contributed by atoms with Crippen LogP contribution in [0, 0.1) is 0 Å². The molecule has 0 radical (unpaired) electrons. The summed E-state index contributed by atoms with van der Waals surface area (Å²) in [5, 5.41) is 9.09. The summed E-state index contributed by atoms with van der Waals surface area (Å²) in [6, 6.07) is 3.80. The van der Waals surface area contributed by atoms with Gasteiger partial charge >= 0.3 is 5.97 Å². The Hall–Kier alpha value is -1.60. The number of rotatable bonds is 7. The van der Waals surface area contributed by atoms with Gasteiger partial charge in [-0.05, 0) is 24.6 Å². The number of hydrogen-bond donors (Lipinski definition) is 2. The molecule has 1 aromatic rings. The number of hydrogen-bond acceptors (Lipinski definition) is 4. The number of nitrogens with one attached hydrogen (secondary N) is 1. The second-order valence-electron chi connectivity index (χ2n) is 3.81. The molecule has 0 atom stereocenters. The molecule has 0 spiro atoms. The van der Waals surface area contributed by atoms with Gasteiger partial charge in [-0.15, -0.1) is 0 Å². The van der Waals surface area contributed by atoms with Crippen LogP contribution in [0.1, 0.15) is 30.6 Å². The van der Waals surface area contributed by atoms with Gasteiger partial charge in [-0.1, -0.05) is 13.8 Å². The van der Waals surface area contributed by atoms with E-state index in [1.807, 2.05) is 6.92 Å². The Morgan fingerprint density at radius 3 is 2.58 bits per heavy atom. The third-order valence-electron chi connectivity index (χ3n) is 2.29. The molecule has 106 valence electrons. The molecule has 0 saturated carbocycles. The Morgan fingerprint density at radius 2 is 2.05 bits per heavy atom. The standard InChI is InChI=1S/C12H17NO5S/c1-3-7-18-11-6-5-9(8-10(11)12(14)15)19(16,17)13-4-2/h5-6,8,13H,3-4,7H2,1-2H3,(H,14,15). The van der Waals surface area contributed by atoms with E-state index in [9.17, 15) is 13.2 Å². The van der Waals surface area contributed by atoms with Crippen LogP contribution in [0.3, 0.4) is 0 Å². The van der Waals surface area contributed by atoms with Gasteiger partial charge in [-0.2, -0.15) is 0 Å². The molecule has 0 saturated heterocycles. The van der Waals surface area contributed by atoms with Gasteiger partial charge in [-0.3, -0.25) is 0 Å². The molecule has 19 heavy (non-hydrogen) atoms. The Morgan fingerprint density at radius 1 is 1.37 bits per heavy atom. The molecule has 1 rings (SSSR count). The highest BCUT2D eigenvalue weighted by molar-refractivity contribution is 7.89. The fourth-order valence-electron chi connectivity index (χ4n) is 1.45. The van der Waals surface area contributed by atoms with Crippen molar-refractivity contribution in [3.8, 4) is 5.75 Å². The first-order chi connectivity index (χ1) is 8.92. The van der Waals surface area contributed by atoms with Crippen molar-refractivity contribution >= 4 is 16.0 Å². The minimum absolute atomic E-state index is 0.0874. The van der Waals surface area contributed by atoms with Crippen molar-refractivity contribution in [3.63, 3.8) is 0 Å². The van der Waals surface area contributed by atoms with Gasteiger partial charge in [0, 0.05) is 6.54 Å². The van der Waals surface area contributed by atoms with Crippen LogP contribution in [-0.2, 0) is 10.0 Å². The van der Waals surface area contributed by atoms with Crippen molar-refractivity contribution in [3.05, 3.63) is 23.8 Å². The van der Waals surface area contributed by atoms with E-state index >= 15 is 0 Å². The Balaban J connectivity index is 3.20. The normalized spacial score (nSPS) is 11.3. The number of carboxylic acid groups (broad SMARTS) is 1. The average Bonchev–Trinajstić information content (AvgIpc) is 2.35. The Bertz CT molecular complexity index is 553. The molecule has 0 aliphatic rings. The van der Waals surface area contributed by atoms with Gasteiger partial charge < -0.3 is 9.84 Å². The van der Waals surface area contributed by atoms with Gasteiger partial charge in [0.25, 0.3) is 0 Å². The van der Waals surface area contributed by atoms with Crippen LogP contribution in [0.4, 0.5) is 0 Å². The van der Waals surface area contributed by atoms with Crippen LogP contribution in [0.15, 0.2) is 23.1 Å². The molecular weight excluding hydrogens is 270 g/mol. The summed E-state index contributed by atoms with van der Waals surface area (Å²) in [5.74, 6) is -1.05. The largest absolute Gasteiger partial charge is 0.493 e. The average molecular weight is 287 g/mol. The Kier molecular flexibility index (Phi) is 5.31. The highest BCUT2D eigenvalue weighted by atomic mass is 32.2. The van der Waals surface area contributed by atoms with Crippen molar-refractivity contribution in [1.82, 2.24) is 4.72 Å². The molecule has 0 fully saturated rings. The molecule has 1 aromatic carbocycles. The fraction of sp³-hybridized carbons (Fsp3) is 0.417. The summed E-state index contributed by atoms with van der Waals surface area (Å²) in [4.78, 5) is 11.0. The number of ether oxygens (including phenoxy) is 1. The lowest BCUT2D eigenvalue weighted by atomic mass is 10.2. The molecule has 6 nitrogen and oxygen atoms in total. The van der Waals surface area contributed by atoms with E-state index in [2.05, 4.69) is 4.72 Å².